The van der Waals surface area contributed by atoms with Crippen LogP contribution in [0.1, 0.15) is 29.9 Å². The van der Waals surface area contributed by atoms with Crippen molar-refractivity contribution in [2.24, 2.45) is 7.05 Å². The van der Waals surface area contributed by atoms with Gasteiger partial charge in [-0.3, -0.25) is 0 Å². The number of aromatic nitrogens is 4. The summed E-state index contributed by atoms with van der Waals surface area (Å²) in [6.45, 7) is 4.99. The van der Waals surface area contributed by atoms with Crippen molar-refractivity contribution in [1.82, 2.24) is 25.5 Å². The molecule has 0 aliphatic carbocycles. The maximum Gasteiger partial charge on any atom is 0.176 e. The number of hydrogen-bond acceptors (Lipinski definition) is 4. The SMILES string of the molecule is CCNC(Cc1nnn(C)n1)c1cccc(Cl)c1C. The Hall–Kier alpha value is -1.46. The van der Waals surface area contributed by atoms with E-state index in [9.17, 15) is 0 Å². The number of tetrazole rings is 1. The smallest absolute Gasteiger partial charge is 0.176 e. The number of nitrogens with one attached hydrogen (secondary N) is 1. The highest BCUT2D eigenvalue weighted by molar-refractivity contribution is 6.31. The molecule has 2 rings (SSSR count). The third kappa shape index (κ3) is 3.30. The van der Waals surface area contributed by atoms with Crippen molar-refractivity contribution in [3.05, 3.63) is 40.2 Å². The van der Waals surface area contributed by atoms with E-state index >= 15 is 0 Å². The van der Waals surface area contributed by atoms with Gasteiger partial charge in [0.05, 0.1) is 7.05 Å². The van der Waals surface area contributed by atoms with Gasteiger partial charge in [-0.25, -0.2) is 0 Å². The van der Waals surface area contributed by atoms with Crippen LogP contribution in [0.2, 0.25) is 5.02 Å². The van der Waals surface area contributed by atoms with Crippen LogP contribution in [-0.4, -0.2) is 26.8 Å². The number of hydrogen-bond donors (Lipinski definition) is 1. The van der Waals surface area contributed by atoms with Crippen LogP contribution in [0.5, 0.6) is 0 Å². The Morgan fingerprint density at radius 2 is 2.21 bits per heavy atom. The summed E-state index contributed by atoms with van der Waals surface area (Å²) in [4.78, 5) is 1.48. The molecule has 0 saturated carbocycles. The molecular formula is C13H18ClN5. The fourth-order valence-electron chi connectivity index (χ4n) is 2.13. The summed E-state index contributed by atoms with van der Waals surface area (Å²) in [6.07, 6.45) is 0.697. The Labute approximate surface area is 118 Å². The average molecular weight is 280 g/mol. The third-order valence-corrected chi connectivity index (χ3v) is 3.48. The molecule has 0 bridgehead atoms. The van der Waals surface area contributed by atoms with Crippen molar-refractivity contribution >= 4 is 11.6 Å². The number of benzene rings is 1. The van der Waals surface area contributed by atoms with Crippen molar-refractivity contribution in [3.63, 3.8) is 0 Å². The first kappa shape index (κ1) is 14.0. The van der Waals surface area contributed by atoms with Crippen LogP contribution >= 0.6 is 11.6 Å². The Morgan fingerprint density at radius 1 is 1.42 bits per heavy atom. The van der Waals surface area contributed by atoms with Gasteiger partial charge in [0.25, 0.3) is 0 Å². The van der Waals surface area contributed by atoms with E-state index in [0.29, 0.717) is 6.42 Å². The van der Waals surface area contributed by atoms with Crippen molar-refractivity contribution in [3.8, 4) is 0 Å². The van der Waals surface area contributed by atoms with E-state index in [1.54, 1.807) is 7.05 Å². The topological polar surface area (TPSA) is 55.6 Å². The van der Waals surface area contributed by atoms with Crippen molar-refractivity contribution in [1.29, 1.82) is 0 Å². The summed E-state index contributed by atoms with van der Waals surface area (Å²) in [7, 11) is 1.77. The first-order valence-electron chi connectivity index (χ1n) is 6.33. The molecule has 0 fully saturated rings. The minimum Gasteiger partial charge on any atom is -0.310 e. The summed E-state index contributed by atoms with van der Waals surface area (Å²) >= 11 is 6.19. The third-order valence-electron chi connectivity index (χ3n) is 3.07. The van der Waals surface area contributed by atoms with Crippen LogP contribution < -0.4 is 5.32 Å². The predicted molar refractivity (Wildman–Crippen MR) is 75.1 cm³/mol. The number of rotatable bonds is 5. The molecule has 0 aliphatic heterocycles. The molecule has 5 nitrogen and oxygen atoms in total. The second-order valence-corrected chi connectivity index (χ2v) is 4.87. The Kier molecular flexibility index (Phi) is 4.50. The zero-order chi connectivity index (χ0) is 13.8. The summed E-state index contributed by atoms with van der Waals surface area (Å²) in [5, 5.41) is 16.4. The Bertz CT molecular complexity index is 552. The lowest BCUT2D eigenvalue weighted by molar-refractivity contribution is 0.532. The summed E-state index contributed by atoms with van der Waals surface area (Å²) < 4.78 is 0. The maximum atomic E-state index is 6.19. The number of likely N-dealkylation sites (N-methyl/N-ethyl adjacent to an activating group) is 1. The Balaban J connectivity index is 2.26. The summed E-state index contributed by atoms with van der Waals surface area (Å²) in [5.74, 6) is 0.729. The molecule has 19 heavy (non-hydrogen) atoms. The lowest BCUT2D eigenvalue weighted by Crippen LogP contribution is -2.24. The van der Waals surface area contributed by atoms with Crippen LogP contribution in [0.3, 0.4) is 0 Å². The van der Waals surface area contributed by atoms with Gasteiger partial charge in [0.2, 0.25) is 0 Å². The quantitative estimate of drug-likeness (QED) is 0.910. The molecule has 1 unspecified atom stereocenters. The zero-order valence-corrected chi connectivity index (χ0v) is 12.1. The van der Waals surface area contributed by atoms with Gasteiger partial charge in [-0.05, 0) is 35.9 Å². The molecule has 0 aliphatic rings. The highest BCUT2D eigenvalue weighted by Crippen LogP contribution is 2.25. The highest BCUT2D eigenvalue weighted by Gasteiger charge is 2.17. The first-order chi connectivity index (χ1) is 9.11. The van der Waals surface area contributed by atoms with Crippen LogP contribution in [-0.2, 0) is 13.5 Å². The molecule has 1 heterocycles. The lowest BCUT2D eigenvalue weighted by Gasteiger charge is -2.19. The van der Waals surface area contributed by atoms with Crippen LogP contribution in [0.15, 0.2) is 18.2 Å². The van der Waals surface area contributed by atoms with Gasteiger partial charge in [0.15, 0.2) is 5.82 Å². The minimum atomic E-state index is 0.146. The van der Waals surface area contributed by atoms with E-state index in [2.05, 4.69) is 33.7 Å². The van der Waals surface area contributed by atoms with Gasteiger partial charge >= 0.3 is 0 Å². The molecule has 102 valence electrons. The van der Waals surface area contributed by atoms with Gasteiger partial charge in [0.1, 0.15) is 0 Å². The fraction of sp³-hybridized carbons (Fsp3) is 0.462. The van der Waals surface area contributed by atoms with E-state index in [1.165, 1.54) is 10.4 Å². The van der Waals surface area contributed by atoms with Crippen LogP contribution in [0, 0.1) is 6.92 Å². The van der Waals surface area contributed by atoms with E-state index in [-0.39, 0.29) is 6.04 Å². The predicted octanol–water partition coefficient (Wildman–Crippen LogP) is 2.07. The van der Waals surface area contributed by atoms with Gasteiger partial charge in [-0.2, -0.15) is 4.80 Å². The van der Waals surface area contributed by atoms with Crippen molar-refractivity contribution in [2.75, 3.05) is 6.54 Å². The molecule has 0 spiro atoms. The fourth-order valence-corrected chi connectivity index (χ4v) is 2.31. The van der Waals surface area contributed by atoms with Crippen molar-refractivity contribution < 1.29 is 0 Å². The van der Waals surface area contributed by atoms with E-state index in [1.807, 2.05) is 19.1 Å². The van der Waals surface area contributed by atoms with Crippen LogP contribution in [0.4, 0.5) is 0 Å². The molecule has 0 saturated heterocycles. The number of aryl methyl sites for hydroxylation is 1. The molecule has 6 heteroatoms. The molecule has 1 N–H and O–H groups in total. The lowest BCUT2D eigenvalue weighted by atomic mass is 9.98. The van der Waals surface area contributed by atoms with E-state index in [4.69, 9.17) is 11.6 Å². The molecule has 2 aromatic rings. The maximum absolute atomic E-state index is 6.19. The van der Waals surface area contributed by atoms with Gasteiger partial charge in [0, 0.05) is 17.5 Å². The second-order valence-electron chi connectivity index (χ2n) is 4.46. The molecule has 1 aromatic heterocycles. The summed E-state index contributed by atoms with van der Waals surface area (Å²) in [5.41, 5.74) is 2.28. The highest BCUT2D eigenvalue weighted by atomic mass is 35.5. The summed E-state index contributed by atoms with van der Waals surface area (Å²) in [6, 6.07) is 6.11. The Morgan fingerprint density at radius 3 is 2.84 bits per heavy atom. The van der Waals surface area contributed by atoms with E-state index < -0.39 is 0 Å². The number of halogens is 1. The molecular weight excluding hydrogens is 262 g/mol. The normalized spacial score (nSPS) is 12.6. The monoisotopic (exact) mass is 279 g/mol. The van der Waals surface area contributed by atoms with Gasteiger partial charge < -0.3 is 5.32 Å². The zero-order valence-electron chi connectivity index (χ0n) is 11.4. The minimum absolute atomic E-state index is 0.146. The largest absolute Gasteiger partial charge is 0.310 e. The van der Waals surface area contributed by atoms with Crippen molar-refractivity contribution in [2.45, 2.75) is 26.3 Å². The molecule has 1 atom stereocenters. The second kappa shape index (κ2) is 6.12. The van der Waals surface area contributed by atoms with Gasteiger partial charge in [-0.15, -0.1) is 10.2 Å². The average Bonchev–Trinajstić information content (AvgIpc) is 2.78. The van der Waals surface area contributed by atoms with E-state index in [0.717, 1.165) is 23.0 Å². The van der Waals surface area contributed by atoms with Gasteiger partial charge in [-0.1, -0.05) is 30.7 Å². The first-order valence-corrected chi connectivity index (χ1v) is 6.71. The molecule has 0 amide bonds. The van der Waals surface area contributed by atoms with Crippen LogP contribution in [0.25, 0.3) is 0 Å². The number of nitrogens with zero attached hydrogens (tertiary/aromatic N) is 4. The molecule has 1 aromatic carbocycles. The molecule has 0 radical (unpaired) electrons. The standard InChI is InChI=1S/C13H18ClN5/c1-4-15-12(8-13-16-18-19(3)17-13)10-6-5-7-11(14)9(10)2/h5-7,12,15H,4,8H2,1-3H3.